The molecule has 6 nitrogen and oxygen atoms in total. The van der Waals surface area contributed by atoms with Gasteiger partial charge in [0.1, 0.15) is 18.2 Å². The number of halogens is 1. The minimum atomic E-state index is -0.903. The van der Waals surface area contributed by atoms with Crippen molar-refractivity contribution in [1.29, 1.82) is 0 Å². The molecule has 2 aromatic carbocycles. The van der Waals surface area contributed by atoms with Crippen molar-refractivity contribution in [2.24, 2.45) is 0 Å². The maximum Gasteiger partial charge on any atom is 0.305 e. The maximum absolute atomic E-state index is 13.5. The van der Waals surface area contributed by atoms with Gasteiger partial charge < -0.3 is 14.7 Å². The molecule has 0 aromatic heterocycles. The van der Waals surface area contributed by atoms with Crippen LogP contribution in [-0.4, -0.2) is 34.1 Å². The molecule has 0 saturated carbocycles. The lowest BCUT2D eigenvalue weighted by atomic mass is 9.71. The third kappa shape index (κ3) is 4.70. The second kappa shape index (κ2) is 10.1. The van der Waals surface area contributed by atoms with Crippen LogP contribution in [-0.2, 0) is 21.0 Å². The normalized spacial score (nSPS) is 18.3. The summed E-state index contributed by atoms with van der Waals surface area (Å²) < 4.78 is 19.3. The summed E-state index contributed by atoms with van der Waals surface area (Å²) >= 11 is 0. The highest BCUT2D eigenvalue weighted by molar-refractivity contribution is 6.06. The molecule has 0 radical (unpaired) electrons. The highest BCUT2D eigenvalue weighted by Crippen LogP contribution is 2.49. The number of ketones is 2. The van der Waals surface area contributed by atoms with Gasteiger partial charge in [-0.25, -0.2) is 4.39 Å². The molecule has 0 fully saturated rings. The Morgan fingerprint density at radius 1 is 0.944 bits per heavy atom. The van der Waals surface area contributed by atoms with Crippen molar-refractivity contribution in [2.45, 2.75) is 57.5 Å². The molecule has 7 heteroatoms. The summed E-state index contributed by atoms with van der Waals surface area (Å²) in [4.78, 5) is 39.8. The van der Waals surface area contributed by atoms with E-state index in [9.17, 15) is 23.9 Å². The van der Waals surface area contributed by atoms with E-state index in [0.29, 0.717) is 42.6 Å². The van der Waals surface area contributed by atoms with Crippen LogP contribution in [0.25, 0.3) is 0 Å². The number of nitrogens with zero attached hydrogens (tertiary/aromatic N) is 1. The lowest BCUT2D eigenvalue weighted by molar-refractivity contribution is -0.137. The molecule has 1 N–H and O–H groups in total. The largest absolute Gasteiger partial charge is 0.489 e. The van der Waals surface area contributed by atoms with Crippen molar-refractivity contribution in [3.63, 3.8) is 0 Å². The molecule has 186 valence electrons. The van der Waals surface area contributed by atoms with Gasteiger partial charge in [0.05, 0.1) is 6.42 Å². The van der Waals surface area contributed by atoms with Crippen LogP contribution >= 0.6 is 0 Å². The Hall–Kier alpha value is -3.74. The summed E-state index contributed by atoms with van der Waals surface area (Å²) in [6, 6.07) is 13.6. The third-order valence-electron chi connectivity index (χ3n) is 7.14. The molecule has 2 aliphatic carbocycles. The van der Waals surface area contributed by atoms with Crippen molar-refractivity contribution in [1.82, 2.24) is 4.90 Å². The van der Waals surface area contributed by atoms with Crippen LogP contribution < -0.4 is 4.74 Å². The second-order valence-electron chi connectivity index (χ2n) is 9.49. The second-order valence-corrected chi connectivity index (χ2v) is 9.49. The van der Waals surface area contributed by atoms with Crippen molar-refractivity contribution < 1.29 is 28.6 Å². The van der Waals surface area contributed by atoms with Crippen LogP contribution in [0.15, 0.2) is 71.1 Å². The van der Waals surface area contributed by atoms with E-state index in [2.05, 4.69) is 0 Å². The fourth-order valence-corrected chi connectivity index (χ4v) is 5.58. The molecule has 0 bridgehead atoms. The van der Waals surface area contributed by atoms with E-state index < -0.39 is 11.9 Å². The van der Waals surface area contributed by atoms with Crippen LogP contribution in [0.4, 0.5) is 4.39 Å². The number of rotatable bonds is 7. The molecule has 0 unspecified atom stereocenters. The number of carboxylic acid groups (broad SMARTS) is 1. The van der Waals surface area contributed by atoms with Crippen molar-refractivity contribution in [3.8, 4) is 5.75 Å². The average molecular weight is 490 g/mol. The van der Waals surface area contributed by atoms with Crippen LogP contribution in [0.2, 0.25) is 0 Å². The Kier molecular flexibility index (Phi) is 6.72. The van der Waals surface area contributed by atoms with E-state index in [1.54, 1.807) is 12.1 Å². The molecule has 2 aromatic rings. The van der Waals surface area contributed by atoms with Gasteiger partial charge in [-0.15, -0.1) is 0 Å². The zero-order valence-electron chi connectivity index (χ0n) is 20.0. The predicted molar refractivity (Wildman–Crippen MR) is 131 cm³/mol. The summed E-state index contributed by atoms with van der Waals surface area (Å²) in [5, 5.41) is 9.30. The van der Waals surface area contributed by atoms with Gasteiger partial charge in [0.2, 0.25) is 0 Å². The molecule has 1 heterocycles. The van der Waals surface area contributed by atoms with Crippen LogP contribution in [0.3, 0.4) is 0 Å². The summed E-state index contributed by atoms with van der Waals surface area (Å²) in [5.41, 5.74) is 4.58. The van der Waals surface area contributed by atoms with Gasteiger partial charge in [0.15, 0.2) is 11.6 Å². The average Bonchev–Trinajstić information content (AvgIpc) is 2.86. The number of hydrogen-bond donors (Lipinski definition) is 1. The molecule has 1 aliphatic heterocycles. The Labute approximate surface area is 209 Å². The molecule has 5 rings (SSSR count). The number of carbonyl (C=O) groups excluding carboxylic acids is 2. The topological polar surface area (TPSA) is 83.9 Å². The molecule has 3 aliphatic rings. The summed E-state index contributed by atoms with van der Waals surface area (Å²) in [6.07, 6.45) is 3.61. The monoisotopic (exact) mass is 489 g/mol. The fraction of sp³-hybridized carbons (Fsp3) is 0.345. The zero-order chi connectivity index (χ0) is 25.2. The number of benzene rings is 2. The van der Waals surface area contributed by atoms with E-state index in [0.717, 1.165) is 35.4 Å². The molecular formula is C29H28FNO5. The Balaban J connectivity index is 1.49. The van der Waals surface area contributed by atoms with Gasteiger partial charge in [-0.1, -0.05) is 24.3 Å². The quantitative estimate of drug-likeness (QED) is 0.569. The lowest BCUT2D eigenvalue weighted by Crippen LogP contribution is -2.39. The number of carbonyl (C=O) groups is 3. The predicted octanol–water partition coefficient (Wildman–Crippen LogP) is 5.29. The van der Waals surface area contributed by atoms with Crippen molar-refractivity contribution in [3.05, 3.63) is 88.0 Å². The van der Waals surface area contributed by atoms with Crippen molar-refractivity contribution in [2.75, 3.05) is 6.54 Å². The van der Waals surface area contributed by atoms with Crippen LogP contribution in [0.5, 0.6) is 5.75 Å². The molecule has 36 heavy (non-hydrogen) atoms. The Morgan fingerprint density at radius 2 is 1.58 bits per heavy atom. The molecular weight excluding hydrogens is 461 g/mol. The number of allylic oxidation sites excluding steroid dienone is 4. The first kappa shape index (κ1) is 24.0. The minimum Gasteiger partial charge on any atom is -0.489 e. The number of Topliss-reactive ketones (excluding diaryl/α,β-unsaturated/α-hetero) is 2. The van der Waals surface area contributed by atoms with Gasteiger partial charge in [-0.3, -0.25) is 14.4 Å². The SMILES string of the molecule is O=C(O)CCN1C2=C(C(=O)CCC2)C(c2ccc(OCc3cccc(F)c3)cc2)C2=C1CCCC2=O. The van der Waals surface area contributed by atoms with Crippen LogP contribution in [0.1, 0.15) is 62.0 Å². The third-order valence-corrected chi connectivity index (χ3v) is 7.14. The van der Waals surface area contributed by atoms with E-state index in [4.69, 9.17) is 4.74 Å². The van der Waals surface area contributed by atoms with Gasteiger partial charge in [0, 0.05) is 47.8 Å². The molecule has 0 amide bonds. The lowest BCUT2D eigenvalue weighted by Gasteiger charge is -2.44. The maximum atomic E-state index is 13.5. The standard InChI is InChI=1S/C29H28FNO5/c30-20-5-1-4-18(16-20)17-36-21-12-10-19(11-13-21)27-28-22(6-2-8-24(28)32)31(15-14-26(34)35)23-7-3-9-25(33)29(23)27/h1,4-5,10-13,16,27H,2-3,6-9,14-15,17H2,(H,34,35). The van der Waals surface area contributed by atoms with E-state index in [1.165, 1.54) is 12.1 Å². The number of carboxylic acids is 1. The summed E-state index contributed by atoms with van der Waals surface area (Å²) in [5.74, 6) is -1.01. The Morgan fingerprint density at radius 3 is 2.17 bits per heavy atom. The molecule has 0 saturated heterocycles. The summed E-state index contributed by atoms with van der Waals surface area (Å²) in [6.45, 7) is 0.480. The van der Waals surface area contributed by atoms with Gasteiger partial charge in [-0.2, -0.15) is 0 Å². The first-order chi connectivity index (χ1) is 17.4. The van der Waals surface area contributed by atoms with E-state index >= 15 is 0 Å². The summed E-state index contributed by atoms with van der Waals surface area (Å²) in [7, 11) is 0. The number of ether oxygens (including phenoxy) is 1. The van der Waals surface area contributed by atoms with Gasteiger partial charge in [-0.05, 0) is 61.1 Å². The molecule has 0 atom stereocenters. The number of aliphatic carboxylic acids is 1. The number of hydrogen-bond acceptors (Lipinski definition) is 5. The Bertz CT molecular complexity index is 1230. The van der Waals surface area contributed by atoms with Crippen molar-refractivity contribution >= 4 is 17.5 Å². The first-order valence-corrected chi connectivity index (χ1v) is 12.4. The van der Waals surface area contributed by atoms with E-state index in [-0.39, 0.29) is 37.0 Å². The van der Waals surface area contributed by atoms with Gasteiger partial charge in [0.25, 0.3) is 0 Å². The first-order valence-electron chi connectivity index (χ1n) is 12.4. The zero-order valence-corrected chi connectivity index (χ0v) is 20.0. The van der Waals surface area contributed by atoms with E-state index in [1.807, 2.05) is 29.2 Å². The fourth-order valence-electron chi connectivity index (χ4n) is 5.58. The van der Waals surface area contributed by atoms with Crippen LogP contribution in [0, 0.1) is 5.82 Å². The molecule has 0 spiro atoms. The van der Waals surface area contributed by atoms with Gasteiger partial charge >= 0.3 is 5.97 Å². The smallest absolute Gasteiger partial charge is 0.305 e. The highest BCUT2D eigenvalue weighted by atomic mass is 19.1. The highest BCUT2D eigenvalue weighted by Gasteiger charge is 2.43. The minimum absolute atomic E-state index is 0.0259.